The van der Waals surface area contributed by atoms with E-state index in [0.29, 0.717) is 6.61 Å². The lowest BCUT2D eigenvalue weighted by molar-refractivity contribution is -0.150. The Bertz CT molecular complexity index is 335. The summed E-state index contributed by atoms with van der Waals surface area (Å²) in [5, 5.41) is 0. The van der Waals surface area contributed by atoms with Crippen molar-refractivity contribution in [2.24, 2.45) is 5.73 Å². The molecule has 6 heteroatoms. The lowest BCUT2D eigenvalue weighted by Crippen LogP contribution is -2.54. The van der Waals surface area contributed by atoms with Crippen molar-refractivity contribution in [3.63, 3.8) is 0 Å². The molecule has 0 aromatic carbocycles. The van der Waals surface area contributed by atoms with Crippen LogP contribution in [0.4, 0.5) is 0 Å². The minimum absolute atomic E-state index is 0. The lowest BCUT2D eigenvalue weighted by atomic mass is 9.96. The maximum Gasteiger partial charge on any atom is 0.251 e. The Hall–Kier alpha value is -0.360. The first-order valence-corrected chi connectivity index (χ1v) is 8.39. The molecule has 0 saturated carbocycles. The smallest absolute Gasteiger partial charge is 0.251 e. The number of likely N-dealkylation sites (tertiary alicyclic amines) is 1. The molecule has 130 valence electrons. The van der Waals surface area contributed by atoms with Gasteiger partial charge >= 0.3 is 0 Å². The van der Waals surface area contributed by atoms with Crippen LogP contribution in [0.3, 0.4) is 0 Å². The van der Waals surface area contributed by atoms with Gasteiger partial charge in [0.15, 0.2) is 0 Å². The van der Waals surface area contributed by atoms with Crippen molar-refractivity contribution >= 4 is 18.3 Å². The Balaban J connectivity index is 0.00000242. The van der Waals surface area contributed by atoms with E-state index in [-0.39, 0.29) is 36.5 Å². The van der Waals surface area contributed by atoms with Gasteiger partial charge in [-0.25, -0.2) is 0 Å². The Kier molecular flexibility index (Phi) is 8.69. The van der Waals surface area contributed by atoms with Crippen LogP contribution >= 0.6 is 12.4 Å². The van der Waals surface area contributed by atoms with Gasteiger partial charge in [0.1, 0.15) is 6.10 Å². The first-order valence-electron chi connectivity index (χ1n) is 8.39. The van der Waals surface area contributed by atoms with Crippen LogP contribution in [0, 0.1) is 0 Å². The molecule has 0 bridgehead atoms. The zero-order valence-corrected chi connectivity index (χ0v) is 14.6. The van der Waals surface area contributed by atoms with Crippen LogP contribution in [-0.2, 0) is 14.3 Å². The second-order valence-corrected chi connectivity index (χ2v) is 6.42. The van der Waals surface area contributed by atoms with Gasteiger partial charge < -0.3 is 20.1 Å². The van der Waals surface area contributed by atoms with Crippen molar-refractivity contribution in [3.8, 4) is 0 Å². The summed E-state index contributed by atoms with van der Waals surface area (Å²) in [5.41, 5.74) is 6.03. The Labute approximate surface area is 140 Å². The standard InChI is InChI=1S/C16H30N2O3.ClH/c1-12(17)15-8-3-5-9-18(15)16(19)13(2)21-11-14-7-4-6-10-20-14;/h12-15H,3-11,17H2,1-2H3;1H. The van der Waals surface area contributed by atoms with Crippen LogP contribution in [0.5, 0.6) is 0 Å². The maximum absolute atomic E-state index is 12.6. The van der Waals surface area contributed by atoms with Crippen molar-refractivity contribution < 1.29 is 14.3 Å². The summed E-state index contributed by atoms with van der Waals surface area (Å²) in [6.07, 6.45) is 6.32. The highest BCUT2D eigenvalue weighted by atomic mass is 35.5. The largest absolute Gasteiger partial charge is 0.376 e. The number of piperidine rings is 1. The van der Waals surface area contributed by atoms with Crippen LogP contribution < -0.4 is 5.73 Å². The third kappa shape index (κ3) is 5.37. The molecule has 2 fully saturated rings. The molecule has 2 saturated heterocycles. The Morgan fingerprint density at radius 1 is 1.27 bits per heavy atom. The molecule has 0 aliphatic carbocycles. The number of ether oxygens (including phenoxy) is 2. The lowest BCUT2D eigenvalue weighted by Gasteiger charge is -2.39. The van der Waals surface area contributed by atoms with Gasteiger partial charge in [0.05, 0.1) is 12.7 Å². The van der Waals surface area contributed by atoms with Gasteiger partial charge in [-0.05, 0) is 52.4 Å². The molecule has 0 radical (unpaired) electrons. The number of carbonyl (C=O) groups excluding carboxylic acids is 1. The van der Waals surface area contributed by atoms with E-state index in [4.69, 9.17) is 15.2 Å². The van der Waals surface area contributed by atoms with Crippen LogP contribution in [0.2, 0.25) is 0 Å². The number of hydrogen-bond acceptors (Lipinski definition) is 4. The van der Waals surface area contributed by atoms with Gasteiger partial charge in [-0.3, -0.25) is 4.79 Å². The minimum atomic E-state index is -0.408. The zero-order chi connectivity index (χ0) is 15.2. The molecule has 2 N–H and O–H groups in total. The van der Waals surface area contributed by atoms with E-state index in [0.717, 1.165) is 45.3 Å². The maximum atomic E-state index is 12.6. The van der Waals surface area contributed by atoms with E-state index in [2.05, 4.69) is 0 Å². The fraction of sp³-hybridized carbons (Fsp3) is 0.938. The number of nitrogens with two attached hydrogens (primary N) is 1. The summed E-state index contributed by atoms with van der Waals surface area (Å²) in [7, 11) is 0. The first kappa shape index (κ1) is 19.7. The van der Waals surface area contributed by atoms with Crippen molar-refractivity contribution in [2.45, 2.75) is 76.7 Å². The first-order chi connectivity index (χ1) is 10.1. The second kappa shape index (κ2) is 9.71. The van der Waals surface area contributed by atoms with Gasteiger partial charge in [0.2, 0.25) is 0 Å². The normalized spacial score (nSPS) is 28.6. The molecule has 1 amide bonds. The topological polar surface area (TPSA) is 64.8 Å². The van der Waals surface area contributed by atoms with E-state index >= 15 is 0 Å². The highest BCUT2D eigenvalue weighted by Gasteiger charge is 2.32. The quantitative estimate of drug-likeness (QED) is 0.836. The van der Waals surface area contributed by atoms with Crippen molar-refractivity contribution in [2.75, 3.05) is 19.8 Å². The molecule has 22 heavy (non-hydrogen) atoms. The predicted molar refractivity (Wildman–Crippen MR) is 89.3 cm³/mol. The monoisotopic (exact) mass is 334 g/mol. The number of rotatable bonds is 5. The Morgan fingerprint density at radius 2 is 2.00 bits per heavy atom. The summed E-state index contributed by atoms with van der Waals surface area (Å²) in [6.45, 7) is 5.97. The molecule has 0 aromatic rings. The number of amides is 1. The SMILES string of the molecule is CC(OCC1CCCCO1)C(=O)N1CCCCC1C(C)N.Cl. The van der Waals surface area contributed by atoms with E-state index in [1.807, 2.05) is 18.7 Å². The Morgan fingerprint density at radius 3 is 2.64 bits per heavy atom. The third-order valence-corrected chi connectivity index (χ3v) is 4.59. The van der Waals surface area contributed by atoms with Crippen LogP contribution in [-0.4, -0.2) is 54.9 Å². The van der Waals surface area contributed by atoms with E-state index in [1.165, 1.54) is 6.42 Å². The summed E-state index contributed by atoms with van der Waals surface area (Å²) in [4.78, 5) is 14.5. The summed E-state index contributed by atoms with van der Waals surface area (Å²) < 4.78 is 11.4. The van der Waals surface area contributed by atoms with Crippen LogP contribution in [0.1, 0.15) is 52.4 Å². The van der Waals surface area contributed by atoms with Gasteiger partial charge in [0, 0.05) is 25.2 Å². The molecule has 5 nitrogen and oxygen atoms in total. The van der Waals surface area contributed by atoms with Crippen LogP contribution in [0.15, 0.2) is 0 Å². The van der Waals surface area contributed by atoms with E-state index < -0.39 is 6.10 Å². The fourth-order valence-electron chi connectivity index (χ4n) is 3.27. The minimum Gasteiger partial charge on any atom is -0.376 e. The van der Waals surface area contributed by atoms with Crippen molar-refractivity contribution in [3.05, 3.63) is 0 Å². The zero-order valence-electron chi connectivity index (χ0n) is 13.8. The molecule has 2 aliphatic rings. The van der Waals surface area contributed by atoms with Gasteiger partial charge in [0.25, 0.3) is 5.91 Å². The molecule has 2 rings (SSSR count). The molecule has 0 aromatic heterocycles. The number of halogens is 1. The molecular formula is C16H31ClN2O3. The summed E-state index contributed by atoms with van der Waals surface area (Å²) in [5.74, 6) is 0.0767. The van der Waals surface area contributed by atoms with Gasteiger partial charge in [-0.15, -0.1) is 12.4 Å². The molecule has 4 atom stereocenters. The van der Waals surface area contributed by atoms with Gasteiger partial charge in [-0.2, -0.15) is 0 Å². The molecular weight excluding hydrogens is 304 g/mol. The second-order valence-electron chi connectivity index (χ2n) is 6.42. The average molecular weight is 335 g/mol. The van der Waals surface area contributed by atoms with Crippen LogP contribution in [0.25, 0.3) is 0 Å². The number of nitrogens with zero attached hydrogens (tertiary/aromatic N) is 1. The summed E-state index contributed by atoms with van der Waals surface area (Å²) in [6, 6.07) is 0.173. The highest BCUT2D eigenvalue weighted by molar-refractivity contribution is 5.85. The molecule has 2 aliphatic heterocycles. The number of carbonyl (C=O) groups is 1. The van der Waals surface area contributed by atoms with Crippen molar-refractivity contribution in [1.29, 1.82) is 0 Å². The van der Waals surface area contributed by atoms with E-state index in [9.17, 15) is 4.79 Å². The number of hydrogen-bond donors (Lipinski definition) is 1. The van der Waals surface area contributed by atoms with E-state index in [1.54, 1.807) is 0 Å². The summed E-state index contributed by atoms with van der Waals surface area (Å²) >= 11 is 0. The molecule has 4 unspecified atom stereocenters. The third-order valence-electron chi connectivity index (χ3n) is 4.59. The predicted octanol–water partition coefficient (Wildman–Crippen LogP) is 2.11. The fourth-order valence-corrected chi connectivity index (χ4v) is 3.27. The average Bonchev–Trinajstić information content (AvgIpc) is 2.52. The molecule has 2 heterocycles. The highest BCUT2D eigenvalue weighted by Crippen LogP contribution is 2.21. The van der Waals surface area contributed by atoms with Crippen molar-refractivity contribution in [1.82, 2.24) is 4.90 Å². The van der Waals surface area contributed by atoms with Gasteiger partial charge in [-0.1, -0.05) is 0 Å². The molecule has 0 spiro atoms.